The van der Waals surface area contributed by atoms with Crippen LogP contribution in [0.25, 0.3) is 11.4 Å². The molecule has 0 radical (unpaired) electrons. The van der Waals surface area contributed by atoms with Gasteiger partial charge in [0.05, 0.1) is 5.75 Å². The van der Waals surface area contributed by atoms with Crippen molar-refractivity contribution in [2.45, 2.75) is 11.9 Å². The average molecular weight is 277 g/mol. The van der Waals surface area contributed by atoms with Crippen LogP contribution in [0.1, 0.15) is 5.69 Å². The zero-order valence-corrected chi connectivity index (χ0v) is 11.1. The Balaban J connectivity index is 2.30. The van der Waals surface area contributed by atoms with Gasteiger partial charge in [0, 0.05) is 11.3 Å². The number of aromatic nitrogens is 2. The summed E-state index contributed by atoms with van der Waals surface area (Å²) in [6, 6.07) is 7.73. The molecule has 4 nitrogen and oxygen atoms in total. The molecule has 0 saturated heterocycles. The Bertz CT molecular complexity index is 601. The van der Waals surface area contributed by atoms with E-state index in [1.807, 2.05) is 6.92 Å². The van der Waals surface area contributed by atoms with Crippen LogP contribution in [0, 0.1) is 12.7 Å². The van der Waals surface area contributed by atoms with Crippen LogP contribution in [-0.2, 0) is 4.79 Å². The predicted octanol–water partition coefficient (Wildman–Crippen LogP) is 2.17. The summed E-state index contributed by atoms with van der Waals surface area (Å²) < 4.78 is 12.9. The van der Waals surface area contributed by atoms with Crippen LogP contribution in [0.3, 0.4) is 0 Å². The molecule has 0 aliphatic heterocycles. The molecular weight excluding hydrogens is 265 g/mol. The minimum absolute atomic E-state index is 0.166. The van der Waals surface area contributed by atoms with Gasteiger partial charge in [-0.15, -0.1) is 0 Å². The normalized spacial score (nSPS) is 10.4. The van der Waals surface area contributed by atoms with Crippen molar-refractivity contribution in [3.63, 3.8) is 0 Å². The lowest BCUT2D eigenvalue weighted by Gasteiger charge is -2.05. The van der Waals surface area contributed by atoms with Crippen LogP contribution >= 0.6 is 11.8 Å². The predicted molar refractivity (Wildman–Crippen MR) is 72.1 cm³/mol. The number of nitrogens with two attached hydrogens (primary N) is 1. The summed E-state index contributed by atoms with van der Waals surface area (Å²) >= 11 is 1.25. The van der Waals surface area contributed by atoms with E-state index < -0.39 is 5.91 Å². The van der Waals surface area contributed by atoms with Crippen molar-refractivity contribution in [3.05, 3.63) is 41.8 Å². The molecule has 6 heteroatoms. The number of nitrogens with zero attached hydrogens (tertiary/aromatic N) is 2. The largest absolute Gasteiger partial charge is 0.369 e. The molecule has 1 amide bonds. The molecule has 0 aliphatic rings. The van der Waals surface area contributed by atoms with Gasteiger partial charge in [-0.05, 0) is 37.3 Å². The van der Waals surface area contributed by atoms with Crippen LogP contribution in [-0.4, -0.2) is 21.6 Å². The van der Waals surface area contributed by atoms with Gasteiger partial charge in [-0.2, -0.15) is 0 Å². The fraction of sp³-hybridized carbons (Fsp3) is 0.154. The summed E-state index contributed by atoms with van der Waals surface area (Å²) in [6.07, 6.45) is 0. The first-order valence-corrected chi connectivity index (χ1v) is 6.56. The number of halogens is 1. The van der Waals surface area contributed by atoms with Gasteiger partial charge in [0.1, 0.15) is 10.8 Å². The number of amides is 1. The minimum Gasteiger partial charge on any atom is -0.369 e. The molecule has 1 aromatic heterocycles. The molecule has 0 unspecified atom stereocenters. The van der Waals surface area contributed by atoms with Crippen molar-refractivity contribution in [1.82, 2.24) is 9.97 Å². The average Bonchev–Trinajstić information content (AvgIpc) is 2.36. The third-order valence-corrected chi connectivity index (χ3v) is 3.23. The van der Waals surface area contributed by atoms with E-state index in [1.54, 1.807) is 18.2 Å². The molecule has 0 aliphatic carbocycles. The number of benzene rings is 1. The molecular formula is C13H12FN3OS. The second kappa shape index (κ2) is 5.79. The first-order chi connectivity index (χ1) is 9.04. The Labute approximate surface area is 114 Å². The van der Waals surface area contributed by atoms with Crippen molar-refractivity contribution < 1.29 is 9.18 Å². The molecule has 1 heterocycles. The molecule has 19 heavy (non-hydrogen) atoms. The third kappa shape index (κ3) is 3.75. The van der Waals surface area contributed by atoms with Gasteiger partial charge in [0.15, 0.2) is 5.82 Å². The van der Waals surface area contributed by atoms with E-state index >= 15 is 0 Å². The zero-order chi connectivity index (χ0) is 13.8. The second-order valence-electron chi connectivity index (χ2n) is 3.93. The van der Waals surface area contributed by atoms with Gasteiger partial charge in [0.25, 0.3) is 0 Å². The lowest BCUT2D eigenvalue weighted by molar-refractivity contribution is -0.115. The number of aryl methyl sites for hydroxylation is 1. The van der Waals surface area contributed by atoms with Gasteiger partial charge >= 0.3 is 0 Å². The molecule has 0 bridgehead atoms. The van der Waals surface area contributed by atoms with Gasteiger partial charge < -0.3 is 5.73 Å². The zero-order valence-electron chi connectivity index (χ0n) is 10.3. The molecule has 2 rings (SSSR count). The van der Waals surface area contributed by atoms with E-state index in [9.17, 15) is 9.18 Å². The Morgan fingerprint density at radius 1 is 1.32 bits per heavy atom. The Kier molecular flexibility index (Phi) is 4.11. The fourth-order valence-corrected chi connectivity index (χ4v) is 2.18. The molecule has 2 N–H and O–H groups in total. The van der Waals surface area contributed by atoms with Crippen LogP contribution in [0.15, 0.2) is 35.4 Å². The quantitative estimate of drug-likeness (QED) is 0.687. The smallest absolute Gasteiger partial charge is 0.227 e. The second-order valence-corrected chi connectivity index (χ2v) is 4.93. The molecule has 0 fully saturated rings. The summed E-state index contributed by atoms with van der Waals surface area (Å²) in [7, 11) is 0. The van der Waals surface area contributed by atoms with Gasteiger partial charge in [0.2, 0.25) is 5.91 Å². The fourth-order valence-electron chi connectivity index (χ4n) is 1.49. The van der Waals surface area contributed by atoms with E-state index in [2.05, 4.69) is 9.97 Å². The summed E-state index contributed by atoms with van der Waals surface area (Å²) in [5, 5.41) is 0.672. The molecule has 0 spiro atoms. The topological polar surface area (TPSA) is 68.9 Å². The van der Waals surface area contributed by atoms with Crippen molar-refractivity contribution in [1.29, 1.82) is 0 Å². The van der Waals surface area contributed by atoms with Crippen molar-refractivity contribution in [3.8, 4) is 11.4 Å². The van der Waals surface area contributed by atoms with Gasteiger partial charge in [-0.3, -0.25) is 4.79 Å². The Morgan fingerprint density at radius 3 is 2.63 bits per heavy atom. The van der Waals surface area contributed by atoms with E-state index in [1.165, 1.54) is 23.9 Å². The number of rotatable bonds is 4. The minimum atomic E-state index is -0.399. The van der Waals surface area contributed by atoms with Crippen LogP contribution in [0.5, 0.6) is 0 Å². The number of carbonyl (C=O) groups is 1. The number of carbonyl (C=O) groups excluding carboxylic acids is 1. The number of thioether (sulfide) groups is 1. The van der Waals surface area contributed by atoms with Crippen LogP contribution in [0.4, 0.5) is 4.39 Å². The standard InChI is InChI=1S/C13H12FN3OS/c1-8-6-12(19-7-11(15)18)17-13(16-8)9-2-4-10(14)5-3-9/h2-6H,7H2,1H3,(H2,15,18). The van der Waals surface area contributed by atoms with E-state index in [4.69, 9.17) is 5.73 Å². The number of hydrogen-bond acceptors (Lipinski definition) is 4. The first kappa shape index (κ1) is 13.5. The van der Waals surface area contributed by atoms with E-state index in [0.717, 1.165) is 11.3 Å². The van der Waals surface area contributed by atoms with Crippen LogP contribution < -0.4 is 5.73 Å². The molecule has 98 valence electrons. The maximum atomic E-state index is 12.9. The first-order valence-electron chi connectivity index (χ1n) is 5.57. The van der Waals surface area contributed by atoms with E-state index in [-0.39, 0.29) is 11.6 Å². The lowest BCUT2D eigenvalue weighted by Crippen LogP contribution is -2.13. The summed E-state index contributed by atoms with van der Waals surface area (Å²) in [6.45, 7) is 1.84. The SMILES string of the molecule is Cc1cc(SCC(N)=O)nc(-c2ccc(F)cc2)n1. The third-order valence-electron chi connectivity index (χ3n) is 2.30. The Hall–Kier alpha value is -1.95. The maximum absolute atomic E-state index is 12.9. The highest BCUT2D eigenvalue weighted by molar-refractivity contribution is 7.99. The van der Waals surface area contributed by atoms with E-state index in [0.29, 0.717) is 10.9 Å². The lowest BCUT2D eigenvalue weighted by atomic mass is 10.2. The maximum Gasteiger partial charge on any atom is 0.227 e. The molecule has 0 saturated carbocycles. The highest BCUT2D eigenvalue weighted by Crippen LogP contribution is 2.21. The van der Waals surface area contributed by atoms with Crippen molar-refractivity contribution in [2.75, 3.05) is 5.75 Å². The summed E-state index contributed by atoms with van der Waals surface area (Å²) in [5.41, 5.74) is 6.61. The number of primary amides is 1. The van der Waals surface area contributed by atoms with Gasteiger partial charge in [-0.1, -0.05) is 11.8 Å². The monoisotopic (exact) mass is 277 g/mol. The van der Waals surface area contributed by atoms with Gasteiger partial charge in [-0.25, -0.2) is 14.4 Å². The highest BCUT2D eigenvalue weighted by Gasteiger charge is 2.07. The van der Waals surface area contributed by atoms with Crippen molar-refractivity contribution >= 4 is 17.7 Å². The summed E-state index contributed by atoms with van der Waals surface area (Å²) in [5.74, 6) is -0.0319. The molecule has 1 aromatic carbocycles. The Morgan fingerprint density at radius 2 is 2.00 bits per heavy atom. The number of hydrogen-bond donors (Lipinski definition) is 1. The molecule has 0 atom stereocenters. The van der Waals surface area contributed by atoms with Crippen molar-refractivity contribution in [2.24, 2.45) is 5.73 Å². The van der Waals surface area contributed by atoms with Crippen LogP contribution in [0.2, 0.25) is 0 Å². The molecule has 2 aromatic rings. The highest BCUT2D eigenvalue weighted by atomic mass is 32.2. The summed E-state index contributed by atoms with van der Waals surface area (Å²) in [4.78, 5) is 19.4.